The molecule has 0 aromatic carbocycles. The highest BCUT2D eigenvalue weighted by Gasteiger charge is 2.09. The summed E-state index contributed by atoms with van der Waals surface area (Å²) in [5, 5.41) is 11.6. The number of hydrogen-bond donors (Lipinski definition) is 2. The molecule has 1 atom stereocenters. The summed E-state index contributed by atoms with van der Waals surface area (Å²) in [5.41, 5.74) is 5.23. The molecule has 0 aliphatic heterocycles. The molecule has 56 valence electrons. The molecule has 2 nitrogen and oxygen atoms in total. The first-order chi connectivity index (χ1) is 4.75. The van der Waals surface area contributed by atoms with Crippen molar-refractivity contribution in [1.29, 1.82) is 0 Å². The number of thiophene rings is 1. The van der Waals surface area contributed by atoms with Gasteiger partial charge in [0.25, 0.3) is 0 Å². The molecule has 0 unspecified atom stereocenters. The van der Waals surface area contributed by atoms with E-state index in [-0.39, 0.29) is 6.54 Å². The fraction of sp³-hybridized carbons (Fsp3) is 0.333. The molecule has 0 fully saturated rings. The Hall–Kier alpha value is -0.0900. The van der Waals surface area contributed by atoms with E-state index in [1.807, 2.05) is 5.38 Å². The lowest BCUT2D eigenvalue weighted by Crippen LogP contribution is -2.10. The summed E-state index contributed by atoms with van der Waals surface area (Å²) in [6.45, 7) is 0.222. The van der Waals surface area contributed by atoms with E-state index in [9.17, 15) is 5.11 Å². The molecule has 0 aliphatic rings. The first kappa shape index (κ1) is 8.01. The highest BCUT2D eigenvalue weighted by molar-refractivity contribution is 7.10. The Morgan fingerprint density at radius 1 is 1.80 bits per heavy atom. The van der Waals surface area contributed by atoms with Crippen LogP contribution in [0.15, 0.2) is 11.4 Å². The Morgan fingerprint density at radius 2 is 2.50 bits per heavy atom. The minimum absolute atomic E-state index is 0.222. The summed E-state index contributed by atoms with van der Waals surface area (Å²) in [5.74, 6) is 0. The molecule has 0 saturated heterocycles. The minimum Gasteiger partial charge on any atom is -0.386 e. The summed E-state index contributed by atoms with van der Waals surface area (Å²) in [6, 6.07) is 1.75. The Labute approximate surface area is 68.2 Å². The van der Waals surface area contributed by atoms with Gasteiger partial charge in [-0.05, 0) is 11.4 Å². The normalized spacial score (nSPS) is 13.5. The van der Waals surface area contributed by atoms with E-state index in [1.165, 1.54) is 11.3 Å². The van der Waals surface area contributed by atoms with Crippen molar-refractivity contribution in [3.63, 3.8) is 0 Å². The topological polar surface area (TPSA) is 46.2 Å². The van der Waals surface area contributed by atoms with Gasteiger partial charge in [-0.15, -0.1) is 11.3 Å². The lowest BCUT2D eigenvalue weighted by Gasteiger charge is -2.03. The van der Waals surface area contributed by atoms with Crippen molar-refractivity contribution in [3.05, 3.63) is 21.3 Å². The van der Waals surface area contributed by atoms with Gasteiger partial charge in [-0.2, -0.15) is 0 Å². The number of aliphatic hydroxyl groups excluding tert-OH is 1. The van der Waals surface area contributed by atoms with Crippen LogP contribution in [-0.4, -0.2) is 11.7 Å². The van der Waals surface area contributed by atoms with Gasteiger partial charge in [0.2, 0.25) is 0 Å². The average Bonchev–Trinajstić information content (AvgIpc) is 2.34. The van der Waals surface area contributed by atoms with Crippen LogP contribution in [0.4, 0.5) is 0 Å². The van der Waals surface area contributed by atoms with E-state index in [0.717, 1.165) is 4.88 Å². The van der Waals surface area contributed by atoms with Crippen molar-refractivity contribution < 1.29 is 5.11 Å². The summed E-state index contributed by atoms with van der Waals surface area (Å²) < 4.78 is 0. The SMILES string of the molecule is NC[C@@H](O)c1sccc1Cl. The lowest BCUT2D eigenvalue weighted by atomic mass is 10.3. The molecular weight excluding hydrogens is 170 g/mol. The molecule has 3 N–H and O–H groups in total. The second kappa shape index (κ2) is 3.34. The second-order valence-corrected chi connectivity index (χ2v) is 3.24. The molecule has 0 bridgehead atoms. The highest BCUT2D eigenvalue weighted by Crippen LogP contribution is 2.27. The van der Waals surface area contributed by atoms with Gasteiger partial charge in [-0.25, -0.2) is 0 Å². The third kappa shape index (κ3) is 1.49. The van der Waals surface area contributed by atoms with Crippen LogP contribution < -0.4 is 5.73 Å². The monoisotopic (exact) mass is 177 g/mol. The largest absolute Gasteiger partial charge is 0.386 e. The predicted molar refractivity (Wildman–Crippen MR) is 43.3 cm³/mol. The maximum absolute atomic E-state index is 9.20. The summed E-state index contributed by atoms with van der Waals surface area (Å²) >= 11 is 7.13. The Kier molecular flexibility index (Phi) is 2.68. The maximum atomic E-state index is 9.20. The Balaban J connectivity index is 2.82. The molecule has 0 spiro atoms. The molecule has 1 aromatic heterocycles. The molecule has 0 radical (unpaired) electrons. The van der Waals surface area contributed by atoms with Crippen LogP contribution in [0.1, 0.15) is 11.0 Å². The van der Waals surface area contributed by atoms with Crippen molar-refractivity contribution in [3.8, 4) is 0 Å². The number of halogens is 1. The van der Waals surface area contributed by atoms with Crippen LogP contribution >= 0.6 is 22.9 Å². The molecule has 0 aliphatic carbocycles. The van der Waals surface area contributed by atoms with Crippen LogP contribution in [0.2, 0.25) is 5.02 Å². The van der Waals surface area contributed by atoms with Crippen LogP contribution in [0.3, 0.4) is 0 Å². The minimum atomic E-state index is -0.604. The van der Waals surface area contributed by atoms with E-state index in [2.05, 4.69) is 0 Å². The number of nitrogens with two attached hydrogens (primary N) is 1. The average molecular weight is 178 g/mol. The van der Waals surface area contributed by atoms with Crippen LogP contribution in [-0.2, 0) is 0 Å². The molecule has 1 heterocycles. The molecule has 4 heteroatoms. The van der Waals surface area contributed by atoms with E-state index in [1.54, 1.807) is 6.07 Å². The van der Waals surface area contributed by atoms with Gasteiger partial charge in [0.15, 0.2) is 0 Å². The number of rotatable bonds is 2. The summed E-state index contributed by atoms with van der Waals surface area (Å²) in [4.78, 5) is 0.754. The summed E-state index contributed by atoms with van der Waals surface area (Å²) in [6.07, 6.45) is -0.604. The van der Waals surface area contributed by atoms with Crippen molar-refractivity contribution in [2.24, 2.45) is 5.73 Å². The standard InChI is InChI=1S/C6H8ClNOS/c7-4-1-2-10-6(4)5(9)3-8/h1-2,5,9H,3,8H2/t5-/m1/s1. The van der Waals surface area contributed by atoms with Crippen molar-refractivity contribution in [2.75, 3.05) is 6.54 Å². The van der Waals surface area contributed by atoms with Gasteiger partial charge in [0.1, 0.15) is 6.10 Å². The predicted octanol–water partition coefficient (Wildman–Crippen LogP) is 1.39. The van der Waals surface area contributed by atoms with Crippen LogP contribution in [0.5, 0.6) is 0 Å². The fourth-order valence-electron chi connectivity index (χ4n) is 0.650. The number of hydrogen-bond acceptors (Lipinski definition) is 3. The molecule has 1 aromatic rings. The quantitative estimate of drug-likeness (QED) is 0.718. The van der Waals surface area contributed by atoms with E-state index < -0.39 is 6.10 Å². The first-order valence-corrected chi connectivity index (χ1v) is 4.12. The van der Waals surface area contributed by atoms with Crippen LogP contribution in [0, 0.1) is 0 Å². The van der Waals surface area contributed by atoms with Gasteiger partial charge >= 0.3 is 0 Å². The molecule has 1 rings (SSSR count). The number of aliphatic hydroxyl groups is 1. The van der Waals surface area contributed by atoms with E-state index >= 15 is 0 Å². The molecule has 0 amide bonds. The van der Waals surface area contributed by atoms with Gasteiger partial charge in [-0.1, -0.05) is 11.6 Å². The third-order valence-electron chi connectivity index (χ3n) is 1.17. The zero-order valence-electron chi connectivity index (χ0n) is 5.25. The van der Waals surface area contributed by atoms with Gasteiger partial charge in [0, 0.05) is 6.54 Å². The zero-order valence-corrected chi connectivity index (χ0v) is 6.82. The van der Waals surface area contributed by atoms with Gasteiger partial charge in [0.05, 0.1) is 9.90 Å². The van der Waals surface area contributed by atoms with Crippen molar-refractivity contribution in [2.45, 2.75) is 6.10 Å². The van der Waals surface area contributed by atoms with Gasteiger partial charge in [-0.3, -0.25) is 0 Å². The summed E-state index contributed by atoms with van der Waals surface area (Å²) in [7, 11) is 0. The molecule has 10 heavy (non-hydrogen) atoms. The van der Waals surface area contributed by atoms with E-state index in [0.29, 0.717) is 5.02 Å². The third-order valence-corrected chi connectivity index (χ3v) is 2.63. The Morgan fingerprint density at radius 3 is 2.90 bits per heavy atom. The van der Waals surface area contributed by atoms with Crippen molar-refractivity contribution >= 4 is 22.9 Å². The Bertz CT molecular complexity index is 213. The molecular formula is C6H8ClNOS. The van der Waals surface area contributed by atoms with Gasteiger partial charge < -0.3 is 10.8 Å². The van der Waals surface area contributed by atoms with Crippen LogP contribution in [0.25, 0.3) is 0 Å². The fourth-order valence-corrected chi connectivity index (χ4v) is 1.83. The lowest BCUT2D eigenvalue weighted by molar-refractivity contribution is 0.190. The highest BCUT2D eigenvalue weighted by atomic mass is 35.5. The van der Waals surface area contributed by atoms with Crippen molar-refractivity contribution in [1.82, 2.24) is 0 Å². The zero-order chi connectivity index (χ0) is 7.56. The second-order valence-electron chi connectivity index (χ2n) is 1.88. The smallest absolute Gasteiger partial charge is 0.102 e. The molecule has 0 saturated carbocycles. The van der Waals surface area contributed by atoms with E-state index in [4.69, 9.17) is 17.3 Å². The maximum Gasteiger partial charge on any atom is 0.102 e. The first-order valence-electron chi connectivity index (χ1n) is 2.86.